The van der Waals surface area contributed by atoms with Gasteiger partial charge < -0.3 is 14.9 Å². The van der Waals surface area contributed by atoms with E-state index in [-0.39, 0.29) is 25.9 Å². The fraction of sp³-hybridized carbons (Fsp3) is 0.312. The van der Waals surface area contributed by atoms with E-state index in [1.165, 1.54) is 18.5 Å². The molecule has 0 bridgehead atoms. The van der Waals surface area contributed by atoms with E-state index in [1.54, 1.807) is 12.1 Å². The number of aromatic nitrogens is 1. The summed E-state index contributed by atoms with van der Waals surface area (Å²) >= 11 is 0. The molecule has 2 heterocycles. The molecule has 1 fully saturated rings. The van der Waals surface area contributed by atoms with E-state index in [4.69, 9.17) is 9.57 Å². The van der Waals surface area contributed by atoms with E-state index in [0.717, 1.165) is 0 Å². The molecule has 1 aromatic rings. The molecule has 3 amide bonds. The summed E-state index contributed by atoms with van der Waals surface area (Å²) in [5, 5.41) is 2.78. The predicted molar refractivity (Wildman–Crippen MR) is 83.6 cm³/mol. The third-order valence-electron chi connectivity index (χ3n) is 3.29. The van der Waals surface area contributed by atoms with Crippen molar-refractivity contribution in [3.8, 4) is 0 Å². The van der Waals surface area contributed by atoms with Gasteiger partial charge in [0.1, 0.15) is 12.6 Å². The van der Waals surface area contributed by atoms with Crippen LogP contribution in [0.3, 0.4) is 0 Å². The minimum absolute atomic E-state index is 0.0179. The summed E-state index contributed by atoms with van der Waals surface area (Å²) in [6.07, 6.45) is 3.61. The Bertz CT molecular complexity index is 660. The number of ether oxygens (including phenoxy) is 1. The topological polar surface area (TPSA) is 115 Å². The van der Waals surface area contributed by atoms with Gasteiger partial charge in [-0.1, -0.05) is 12.7 Å². The molecule has 0 aromatic carbocycles. The Morgan fingerprint density at radius 3 is 2.52 bits per heavy atom. The number of imide groups is 1. The third kappa shape index (κ3) is 5.13. The lowest BCUT2D eigenvalue weighted by Gasteiger charge is -2.20. The molecular formula is C16H17N3O6. The van der Waals surface area contributed by atoms with Gasteiger partial charge in [-0.2, -0.15) is 0 Å². The Labute approximate surface area is 143 Å². The first kappa shape index (κ1) is 18.1. The lowest BCUT2D eigenvalue weighted by atomic mass is 10.1. The van der Waals surface area contributed by atoms with Crippen molar-refractivity contribution in [2.45, 2.75) is 25.3 Å². The molecule has 0 unspecified atom stereocenters. The summed E-state index contributed by atoms with van der Waals surface area (Å²) in [5.74, 6) is -2.15. The molecule has 1 aliphatic rings. The molecule has 9 nitrogen and oxygen atoms in total. The van der Waals surface area contributed by atoms with Crippen LogP contribution in [0.25, 0.3) is 0 Å². The van der Waals surface area contributed by atoms with Crippen LogP contribution in [0.5, 0.6) is 0 Å². The minimum atomic E-state index is -1.15. The number of alkyl carbamates (subject to hydrolysis) is 1. The van der Waals surface area contributed by atoms with Crippen LogP contribution in [-0.2, 0) is 30.4 Å². The van der Waals surface area contributed by atoms with Crippen molar-refractivity contribution in [1.29, 1.82) is 0 Å². The van der Waals surface area contributed by atoms with Crippen LogP contribution in [-0.4, -0.2) is 46.6 Å². The molecule has 9 heteroatoms. The molecule has 25 heavy (non-hydrogen) atoms. The van der Waals surface area contributed by atoms with Crippen LogP contribution in [0.15, 0.2) is 37.2 Å². The quantitative estimate of drug-likeness (QED) is 0.564. The van der Waals surface area contributed by atoms with Gasteiger partial charge in [0.05, 0.1) is 0 Å². The molecule has 132 valence electrons. The van der Waals surface area contributed by atoms with Gasteiger partial charge in [0.15, 0.2) is 0 Å². The number of nitrogens with one attached hydrogen (secondary N) is 1. The fourth-order valence-corrected chi connectivity index (χ4v) is 2.08. The van der Waals surface area contributed by atoms with Crippen molar-refractivity contribution in [3.05, 3.63) is 42.7 Å². The van der Waals surface area contributed by atoms with Gasteiger partial charge in [0.25, 0.3) is 11.8 Å². The fourth-order valence-electron chi connectivity index (χ4n) is 2.08. The van der Waals surface area contributed by atoms with Crippen molar-refractivity contribution in [1.82, 2.24) is 15.4 Å². The van der Waals surface area contributed by atoms with E-state index < -0.39 is 29.9 Å². The Morgan fingerprint density at radius 1 is 1.28 bits per heavy atom. The second-order valence-electron chi connectivity index (χ2n) is 5.14. The predicted octanol–water partition coefficient (Wildman–Crippen LogP) is 0.512. The van der Waals surface area contributed by atoms with Crippen molar-refractivity contribution in [2.75, 3.05) is 6.61 Å². The molecule has 1 N–H and O–H groups in total. The smallest absolute Gasteiger partial charge is 0.408 e. The van der Waals surface area contributed by atoms with E-state index in [2.05, 4.69) is 16.9 Å². The number of hydrogen-bond acceptors (Lipinski definition) is 7. The van der Waals surface area contributed by atoms with E-state index >= 15 is 0 Å². The molecule has 0 saturated carbocycles. The second-order valence-corrected chi connectivity index (χ2v) is 5.14. The number of nitrogens with zero attached hydrogens (tertiary/aromatic N) is 2. The molecule has 1 saturated heterocycles. The highest BCUT2D eigenvalue weighted by molar-refractivity contribution is 6.01. The minimum Gasteiger partial charge on any atom is -0.445 e. The average molecular weight is 347 g/mol. The molecule has 2 rings (SSSR count). The van der Waals surface area contributed by atoms with Gasteiger partial charge in [-0.25, -0.2) is 9.59 Å². The van der Waals surface area contributed by atoms with Crippen molar-refractivity contribution in [2.24, 2.45) is 0 Å². The highest BCUT2D eigenvalue weighted by atomic mass is 16.7. The molecule has 0 spiro atoms. The maximum Gasteiger partial charge on any atom is 0.408 e. The lowest BCUT2D eigenvalue weighted by molar-refractivity contribution is -0.198. The zero-order valence-electron chi connectivity index (χ0n) is 13.3. The van der Waals surface area contributed by atoms with Crippen molar-refractivity contribution < 1.29 is 28.8 Å². The normalized spacial score (nSPS) is 14.8. The lowest BCUT2D eigenvalue weighted by Crippen LogP contribution is -2.46. The third-order valence-corrected chi connectivity index (χ3v) is 3.29. The Balaban J connectivity index is 2.07. The number of amides is 3. The average Bonchev–Trinajstić information content (AvgIpc) is 2.92. The van der Waals surface area contributed by atoms with Gasteiger partial charge in [-0.05, 0) is 17.7 Å². The number of rotatable bonds is 7. The highest BCUT2D eigenvalue weighted by Crippen LogP contribution is 2.14. The molecule has 1 atom stereocenters. The summed E-state index contributed by atoms with van der Waals surface area (Å²) in [6.45, 7) is 3.38. The maximum absolute atomic E-state index is 12.3. The van der Waals surface area contributed by atoms with E-state index in [1.807, 2.05) is 0 Å². The Kier molecular flexibility index (Phi) is 6.21. The van der Waals surface area contributed by atoms with Gasteiger partial charge in [-0.3, -0.25) is 14.6 Å². The van der Waals surface area contributed by atoms with E-state index in [9.17, 15) is 19.2 Å². The van der Waals surface area contributed by atoms with Gasteiger partial charge >= 0.3 is 12.1 Å². The van der Waals surface area contributed by atoms with Crippen LogP contribution >= 0.6 is 0 Å². The second kappa shape index (κ2) is 8.57. The molecule has 0 aliphatic carbocycles. The summed E-state index contributed by atoms with van der Waals surface area (Å²) < 4.78 is 4.79. The van der Waals surface area contributed by atoms with Crippen LogP contribution in [0, 0.1) is 0 Å². The van der Waals surface area contributed by atoms with Crippen LogP contribution in [0.1, 0.15) is 18.4 Å². The highest BCUT2D eigenvalue weighted by Gasteiger charge is 2.35. The molecule has 1 aromatic heterocycles. The summed E-state index contributed by atoms with van der Waals surface area (Å²) in [4.78, 5) is 55.9. The zero-order valence-corrected chi connectivity index (χ0v) is 13.3. The van der Waals surface area contributed by atoms with E-state index in [0.29, 0.717) is 10.6 Å². The van der Waals surface area contributed by atoms with Crippen molar-refractivity contribution in [3.63, 3.8) is 0 Å². The van der Waals surface area contributed by atoms with Crippen molar-refractivity contribution >= 4 is 23.9 Å². The first-order chi connectivity index (χ1) is 12.0. The first-order valence-electron chi connectivity index (χ1n) is 7.52. The van der Waals surface area contributed by atoms with Gasteiger partial charge in [-0.15, -0.1) is 5.06 Å². The number of carbonyl (C=O) groups is 4. The van der Waals surface area contributed by atoms with Crippen LogP contribution in [0.2, 0.25) is 0 Å². The van der Waals surface area contributed by atoms with Gasteiger partial charge in [0.2, 0.25) is 0 Å². The van der Waals surface area contributed by atoms with Crippen LogP contribution in [0.4, 0.5) is 4.79 Å². The molecule has 1 aliphatic heterocycles. The van der Waals surface area contributed by atoms with Crippen LogP contribution < -0.4 is 5.32 Å². The molecular weight excluding hydrogens is 330 g/mol. The zero-order chi connectivity index (χ0) is 18.2. The standard InChI is InChI=1S/C16H17N3O6/c1-2-9-24-16(23)18-12(10-11-5-7-17-8-6-11)15(22)25-19-13(20)3-4-14(19)21/h2,5-8,12H,1,3-4,9-10H2,(H,18,23)/t12-/m0/s1. The van der Waals surface area contributed by atoms with Gasteiger partial charge in [0, 0.05) is 31.7 Å². The first-order valence-corrected chi connectivity index (χ1v) is 7.52. The Hall–Kier alpha value is -3.23. The summed E-state index contributed by atoms with van der Waals surface area (Å²) in [7, 11) is 0. The Morgan fingerprint density at radius 2 is 1.92 bits per heavy atom. The molecule has 0 radical (unpaired) electrons. The SMILES string of the molecule is C=CCOC(=O)N[C@@H](Cc1ccncc1)C(=O)ON1C(=O)CCC1=O. The maximum atomic E-state index is 12.3. The number of hydrogen-bond donors (Lipinski definition) is 1. The number of pyridine rings is 1. The number of carbonyl (C=O) groups excluding carboxylic acids is 4. The monoisotopic (exact) mass is 347 g/mol. The summed E-state index contributed by atoms with van der Waals surface area (Å²) in [5.41, 5.74) is 0.694. The largest absolute Gasteiger partial charge is 0.445 e. The summed E-state index contributed by atoms with van der Waals surface area (Å²) in [6, 6.07) is 2.16. The number of hydroxylamine groups is 2.